The minimum atomic E-state index is -3.41. The van der Waals surface area contributed by atoms with Gasteiger partial charge < -0.3 is 5.32 Å². The molecule has 0 bridgehead atoms. The van der Waals surface area contributed by atoms with Gasteiger partial charge in [0.1, 0.15) is 5.01 Å². The van der Waals surface area contributed by atoms with Gasteiger partial charge in [-0.15, -0.1) is 11.3 Å². The fraction of sp³-hybridized carbons (Fsp3) is 0.727. The first-order valence-electron chi connectivity index (χ1n) is 6.28. The van der Waals surface area contributed by atoms with Gasteiger partial charge in [-0.1, -0.05) is 6.92 Å². The van der Waals surface area contributed by atoms with Crippen LogP contribution in [0.2, 0.25) is 0 Å². The SMILES string of the molecule is CCNCCCN(C)S(=O)(=O)NCc1nc(C)cs1. The second kappa shape index (κ2) is 7.91. The van der Waals surface area contributed by atoms with E-state index in [4.69, 9.17) is 0 Å². The number of hydrogen-bond acceptors (Lipinski definition) is 5. The number of hydrogen-bond donors (Lipinski definition) is 2. The molecule has 0 aromatic carbocycles. The molecule has 0 radical (unpaired) electrons. The van der Waals surface area contributed by atoms with Crippen LogP contribution >= 0.6 is 11.3 Å². The van der Waals surface area contributed by atoms with Crippen molar-refractivity contribution < 1.29 is 8.42 Å². The van der Waals surface area contributed by atoms with Crippen LogP contribution in [0, 0.1) is 6.92 Å². The minimum Gasteiger partial charge on any atom is -0.317 e. The first-order chi connectivity index (χ1) is 8.95. The lowest BCUT2D eigenvalue weighted by Crippen LogP contribution is -2.39. The Morgan fingerprint density at radius 2 is 2.21 bits per heavy atom. The summed E-state index contributed by atoms with van der Waals surface area (Å²) in [7, 11) is -1.83. The number of rotatable bonds is 9. The molecule has 0 spiro atoms. The first-order valence-corrected chi connectivity index (χ1v) is 8.60. The lowest BCUT2D eigenvalue weighted by atomic mass is 10.4. The number of aromatic nitrogens is 1. The molecule has 0 aliphatic heterocycles. The van der Waals surface area contributed by atoms with Crippen molar-refractivity contribution >= 4 is 21.5 Å². The second-order valence-electron chi connectivity index (χ2n) is 4.24. The van der Waals surface area contributed by atoms with Crippen LogP contribution in [0.1, 0.15) is 24.0 Å². The molecule has 1 aromatic rings. The average molecular weight is 306 g/mol. The Bertz CT molecular complexity index is 473. The molecule has 1 rings (SSSR count). The summed E-state index contributed by atoms with van der Waals surface area (Å²) in [6.07, 6.45) is 0.793. The van der Waals surface area contributed by atoms with E-state index >= 15 is 0 Å². The Morgan fingerprint density at radius 1 is 1.47 bits per heavy atom. The summed E-state index contributed by atoms with van der Waals surface area (Å²) in [5, 5.41) is 5.85. The van der Waals surface area contributed by atoms with E-state index in [1.165, 1.54) is 15.6 Å². The van der Waals surface area contributed by atoms with E-state index in [0.29, 0.717) is 6.54 Å². The molecule has 1 aromatic heterocycles. The largest absolute Gasteiger partial charge is 0.317 e. The maximum absolute atomic E-state index is 11.9. The lowest BCUT2D eigenvalue weighted by Gasteiger charge is -2.17. The smallest absolute Gasteiger partial charge is 0.279 e. The molecule has 110 valence electrons. The highest BCUT2D eigenvalue weighted by Gasteiger charge is 2.16. The van der Waals surface area contributed by atoms with Crippen molar-refractivity contribution in [2.75, 3.05) is 26.7 Å². The van der Waals surface area contributed by atoms with E-state index in [9.17, 15) is 8.42 Å². The van der Waals surface area contributed by atoms with E-state index in [0.717, 1.165) is 30.2 Å². The summed E-state index contributed by atoms with van der Waals surface area (Å²) >= 11 is 1.46. The minimum absolute atomic E-state index is 0.248. The molecular formula is C11H22N4O2S2. The molecule has 0 saturated carbocycles. The zero-order valence-electron chi connectivity index (χ0n) is 11.6. The fourth-order valence-electron chi connectivity index (χ4n) is 1.47. The van der Waals surface area contributed by atoms with Crippen LogP contribution in [0.25, 0.3) is 0 Å². The average Bonchev–Trinajstić information content (AvgIpc) is 2.78. The zero-order valence-corrected chi connectivity index (χ0v) is 13.3. The van der Waals surface area contributed by atoms with Crippen LogP contribution in [0.4, 0.5) is 0 Å². The Kier molecular flexibility index (Phi) is 6.87. The van der Waals surface area contributed by atoms with Gasteiger partial charge in [-0.05, 0) is 26.4 Å². The summed E-state index contributed by atoms with van der Waals surface area (Å²) in [6, 6.07) is 0. The second-order valence-corrected chi connectivity index (χ2v) is 7.04. The molecule has 0 aliphatic rings. The van der Waals surface area contributed by atoms with Crippen LogP contribution in [0.5, 0.6) is 0 Å². The summed E-state index contributed by atoms with van der Waals surface area (Å²) in [5.41, 5.74) is 0.915. The van der Waals surface area contributed by atoms with Crippen LogP contribution in [-0.4, -0.2) is 44.4 Å². The third kappa shape index (κ3) is 5.96. The van der Waals surface area contributed by atoms with Crippen molar-refractivity contribution in [3.63, 3.8) is 0 Å². The van der Waals surface area contributed by atoms with Gasteiger partial charge in [-0.25, -0.2) is 4.98 Å². The number of nitrogens with one attached hydrogen (secondary N) is 2. The monoisotopic (exact) mass is 306 g/mol. The van der Waals surface area contributed by atoms with Crippen molar-refractivity contribution in [3.05, 3.63) is 16.1 Å². The molecule has 0 saturated heterocycles. The molecule has 0 aliphatic carbocycles. The van der Waals surface area contributed by atoms with Crippen LogP contribution in [0.15, 0.2) is 5.38 Å². The van der Waals surface area contributed by atoms with Crippen LogP contribution in [0.3, 0.4) is 0 Å². The number of thiazole rings is 1. The summed E-state index contributed by atoms with van der Waals surface area (Å²) in [4.78, 5) is 4.22. The highest BCUT2D eigenvalue weighted by Crippen LogP contribution is 2.08. The van der Waals surface area contributed by atoms with Gasteiger partial charge in [0.05, 0.1) is 6.54 Å². The van der Waals surface area contributed by atoms with Crippen molar-refractivity contribution in [1.29, 1.82) is 0 Å². The summed E-state index contributed by atoms with van der Waals surface area (Å²) in [6.45, 7) is 6.39. The molecule has 2 N–H and O–H groups in total. The molecule has 6 nitrogen and oxygen atoms in total. The third-order valence-electron chi connectivity index (χ3n) is 2.56. The van der Waals surface area contributed by atoms with Crippen molar-refractivity contribution in [2.45, 2.75) is 26.8 Å². The Morgan fingerprint density at radius 3 is 2.79 bits per heavy atom. The van der Waals surface area contributed by atoms with E-state index in [1.54, 1.807) is 7.05 Å². The molecular weight excluding hydrogens is 284 g/mol. The van der Waals surface area contributed by atoms with Gasteiger partial charge >= 0.3 is 0 Å². The molecule has 0 amide bonds. The summed E-state index contributed by atoms with van der Waals surface area (Å²) < 4.78 is 27.8. The molecule has 19 heavy (non-hydrogen) atoms. The fourth-order valence-corrected chi connectivity index (χ4v) is 3.18. The first kappa shape index (κ1) is 16.5. The Hall–Kier alpha value is -0.540. The van der Waals surface area contributed by atoms with Gasteiger partial charge in [0.25, 0.3) is 10.2 Å². The van der Waals surface area contributed by atoms with Crippen LogP contribution < -0.4 is 10.0 Å². The van der Waals surface area contributed by atoms with Crippen LogP contribution in [-0.2, 0) is 16.8 Å². The standard InChI is InChI=1S/C11H22N4O2S2/c1-4-12-6-5-7-15(3)19(16,17)13-8-11-14-10(2)9-18-11/h9,12-13H,4-8H2,1-3H3. The maximum Gasteiger partial charge on any atom is 0.279 e. The van der Waals surface area contributed by atoms with Crippen molar-refractivity contribution in [3.8, 4) is 0 Å². The van der Waals surface area contributed by atoms with Gasteiger partial charge in [-0.3, -0.25) is 0 Å². The quantitative estimate of drug-likeness (QED) is 0.659. The van der Waals surface area contributed by atoms with Gasteiger partial charge in [0, 0.05) is 24.7 Å². The predicted molar refractivity (Wildman–Crippen MR) is 78.4 cm³/mol. The Labute approximate surface area is 119 Å². The lowest BCUT2D eigenvalue weighted by molar-refractivity contribution is 0.445. The number of aryl methyl sites for hydroxylation is 1. The highest BCUT2D eigenvalue weighted by atomic mass is 32.2. The van der Waals surface area contributed by atoms with E-state index < -0.39 is 10.2 Å². The van der Waals surface area contributed by atoms with Gasteiger partial charge in [0.2, 0.25) is 0 Å². The molecule has 0 atom stereocenters. The molecule has 8 heteroatoms. The number of nitrogens with zero attached hydrogens (tertiary/aromatic N) is 2. The Balaban J connectivity index is 2.37. The van der Waals surface area contributed by atoms with Crippen molar-refractivity contribution in [1.82, 2.24) is 19.3 Å². The van der Waals surface area contributed by atoms with E-state index in [1.807, 2.05) is 19.2 Å². The topological polar surface area (TPSA) is 74.3 Å². The maximum atomic E-state index is 11.9. The van der Waals surface area contributed by atoms with E-state index in [-0.39, 0.29) is 6.54 Å². The van der Waals surface area contributed by atoms with Crippen molar-refractivity contribution in [2.24, 2.45) is 0 Å². The zero-order chi connectivity index (χ0) is 14.3. The van der Waals surface area contributed by atoms with Gasteiger partial charge in [0.15, 0.2) is 0 Å². The van der Waals surface area contributed by atoms with E-state index in [2.05, 4.69) is 15.0 Å². The highest BCUT2D eigenvalue weighted by molar-refractivity contribution is 7.87. The molecule has 1 heterocycles. The van der Waals surface area contributed by atoms with Gasteiger partial charge in [-0.2, -0.15) is 17.4 Å². The normalized spacial score (nSPS) is 12.2. The molecule has 0 fully saturated rings. The molecule has 0 unspecified atom stereocenters. The summed E-state index contributed by atoms with van der Waals surface area (Å²) in [5.74, 6) is 0. The predicted octanol–water partition coefficient (Wildman–Crippen LogP) is 0.717. The third-order valence-corrected chi connectivity index (χ3v) is 5.04.